The van der Waals surface area contributed by atoms with Gasteiger partial charge in [0.2, 0.25) is 0 Å². The standard InChI is InChI=1S/C13H15NO2S/c1-11-9-12(14-16-11)10-17-8-7-15-13-5-3-2-4-6-13/h2-6,9H,7-8,10H2,1H3. The van der Waals surface area contributed by atoms with E-state index in [2.05, 4.69) is 5.16 Å². The van der Waals surface area contributed by atoms with E-state index >= 15 is 0 Å². The molecule has 2 rings (SSSR count). The van der Waals surface area contributed by atoms with Gasteiger partial charge in [-0.05, 0) is 19.1 Å². The van der Waals surface area contributed by atoms with Gasteiger partial charge in [0.15, 0.2) is 0 Å². The monoisotopic (exact) mass is 249 g/mol. The van der Waals surface area contributed by atoms with Crippen LogP contribution in [0.25, 0.3) is 0 Å². The lowest BCUT2D eigenvalue weighted by Gasteiger charge is -2.04. The number of hydrogen-bond donors (Lipinski definition) is 0. The lowest BCUT2D eigenvalue weighted by Crippen LogP contribution is -2.00. The highest BCUT2D eigenvalue weighted by Crippen LogP contribution is 2.13. The second-order valence-electron chi connectivity index (χ2n) is 3.64. The second kappa shape index (κ2) is 6.35. The molecule has 2 aromatic rings. The summed E-state index contributed by atoms with van der Waals surface area (Å²) in [6, 6.07) is 11.8. The number of rotatable bonds is 6. The van der Waals surface area contributed by atoms with Crippen molar-refractivity contribution in [3.8, 4) is 5.75 Å². The number of aryl methyl sites for hydroxylation is 1. The number of para-hydroxylation sites is 1. The van der Waals surface area contributed by atoms with E-state index in [4.69, 9.17) is 9.26 Å². The maximum absolute atomic E-state index is 5.58. The van der Waals surface area contributed by atoms with E-state index in [1.54, 1.807) is 11.8 Å². The summed E-state index contributed by atoms with van der Waals surface area (Å²) in [5.74, 6) is 3.60. The first kappa shape index (κ1) is 12.0. The van der Waals surface area contributed by atoms with Crippen LogP contribution in [0.1, 0.15) is 11.5 Å². The summed E-state index contributed by atoms with van der Waals surface area (Å²) in [4.78, 5) is 0. The van der Waals surface area contributed by atoms with Gasteiger partial charge < -0.3 is 9.26 Å². The first-order chi connectivity index (χ1) is 8.34. The molecule has 0 N–H and O–H groups in total. The third-order valence-electron chi connectivity index (χ3n) is 2.17. The zero-order chi connectivity index (χ0) is 11.9. The molecule has 17 heavy (non-hydrogen) atoms. The predicted molar refractivity (Wildman–Crippen MR) is 69.3 cm³/mol. The maximum atomic E-state index is 5.58. The molecular weight excluding hydrogens is 234 g/mol. The molecule has 3 nitrogen and oxygen atoms in total. The minimum atomic E-state index is 0.714. The first-order valence-electron chi connectivity index (χ1n) is 5.52. The van der Waals surface area contributed by atoms with Crippen LogP contribution in [0.3, 0.4) is 0 Å². The van der Waals surface area contributed by atoms with Gasteiger partial charge in [0.05, 0.1) is 12.3 Å². The summed E-state index contributed by atoms with van der Waals surface area (Å²) < 4.78 is 10.6. The Kier molecular flexibility index (Phi) is 4.50. The van der Waals surface area contributed by atoms with Gasteiger partial charge in [0.1, 0.15) is 11.5 Å². The van der Waals surface area contributed by atoms with Crippen LogP contribution < -0.4 is 4.74 Å². The normalized spacial score (nSPS) is 10.4. The number of nitrogens with zero attached hydrogens (tertiary/aromatic N) is 1. The molecule has 1 aromatic heterocycles. The maximum Gasteiger partial charge on any atom is 0.133 e. The SMILES string of the molecule is Cc1cc(CSCCOc2ccccc2)no1. The number of aromatic nitrogens is 1. The summed E-state index contributed by atoms with van der Waals surface area (Å²) in [6.45, 7) is 2.62. The molecule has 0 saturated carbocycles. The van der Waals surface area contributed by atoms with Gasteiger partial charge in [-0.15, -0.1) is 0 Å². The fourth-order valence-corrected chi connectivity index (χ4v) is 2.09. The zero-order valence-electron chi connectivity index (χ0n) is 9.76. The Labute approximate surface area is 105 Å². The Morgan fingerprint density at radius 1 is 1.29 bits per heavy atom. The van der Waals surface area contributed by atoms with Crippen LogP contribution in [0.4, 0.5) is 0 Å². The molecule has 0 fully saturated rings. The van der Waals surface area contributed by atoms with Crippen molar-refractivity contribution in [2.24, 2.45) is 0 Å². The first-order valence-corrected chi connectivity index (χ1v) is 6.68. The highest BCUT2D eigenvalue weighted by molar-refractivity contribution is 7.98. The van der Waals surface area contributed by atoms with Gasteiger partial charge in [-0.1, -0.05) is 23.4 Å². The van der Waals surface area contributed by atoms with E-state index in [1.165, 1.54) is 0 Å². The van der Waals surface area contributed by atoms with E-state index in [0.717, 1.165) is 28.7 Å². The molecule has 1 heterocycles. The van der Waals surface area contributed by atoms with E-state index in [1.807, 2.05) is 43.3 Å². The lowest BCUT2D eigenvalue weighted by molar-refractivity contribution is 0.344. The Morgan fingerprint density at radius 2 is 2.12 bits per heavy atom. The van der Waals surface area contributed by atoms with Crippen LogP contribution in [0.5, 0.6) is 5.75 Å². The van der Waals surface area contributed by atoms with Crippen LogP contribution in [0.15, 0.2) is 40.9 Å². The van der Waals surface area contributed by atoms with Crippen LogP contribution in [-0.4, -0.2) is 17.5 Å². The third-order valence-corrected chi connectivity index (χ3v) is 3.12. The number of hydrogen-bond acceptors (Lipinski definition) is 4. The van der Waals surface area contributed by atoms with Crippen LogP contribution >= 0.6 is 11.8 Å². The average Bonchev–Trinajstić information content (AvgIpc) is 2.76. The van der Waals surface area contributed by atoms with Crippen LogP contribution in [0.2, 0.25) is 0 Å². The molecule has 0 unspecified atom stereocenters. The molecule has 0 spiro atoms. The Morgan fingerprint density at radius 3 is 2.82 bits per heavy atom. The van der Waals surface area contributed by atoms with E-state index in [-0.39, 0.29) is 0 Å². The smallest absolute Gasteiger partial charge is 0.133 e. The molecule has 0 aliphatic carbocycles. The van der Waals surface area contributed by atoms with Crippen molar-refractivity contribution in [3.05, 3.63) is 47.9 Å². The van der Waals surface area contributed by atoms with E-state index < -0.39 is 0 Å². The molecule has 0 aliphatic rings. The fourth-order valence-electron chi connectivity index (χ4n) is 1.40. The molecular formula is C13H15NO2S. The molecule has 0 amide bonds. The second-order valence-corrected chi connectivity index (χ2v) is 4.75. The van der Waals surface area contributed by atoms with Crippen molar-refractivity contribution < 1.29 is 9.26 Å². The van der Waals surface area contributed by atoms with E-state index in [0.29, 0.717) is 6.61 Å². The molecule has 4 heteroatoms. The molecule has 90 valence electrons. The lowest BCUT2D eigenvalue weighted by atomic mass is 10.3. The van der Waals surface area contributed by atoms with Crippen LogP contribution in [0, 0.1) is 6.92 Å². The minimum absolute atomic E-state index is 0.714. The average molecular weight is 249 g/mol. The van der Waals surface area contributed by atoms with Crippen molar-refractivity contribution in [3.63, 3.8) is 0 Å². The zero-order valence-corrected chi connectivity index (χ0v) is 10.6. The third kappa shape index (κ3) is 4.15. The highest BCUT2D eigenvalue weighted by Gasteiger charge is 2.00. The Hall–Kier alpha value is -1.42. The van der Waals surface area contributed by atoms with Gasteiger partial charge in [-0.3, -0.25) is 0 Å². The summed E-state index contributed by atoms with van der Waals surface area (Å²) in [5, 5.41) is 3.93. The summed E-state index contributed by atoms with van der Waals surface area (Å²) in [5.41, 5.74) is 0.993. The largest absolute Gasteiger partial charge is 0.493 e. The van der Waals surface area contributed by atoms with Crippen molar-refractivity contribution >= 4 is 11.8 Å². The summed E-state index contributed by atoms with van der Waals surface area (Å²) in [6.07, 6.45) is 0. The Bertz CT molecular complexity index is 442. The molecule has 0 atom stereocenters. The van der Waals surface area contributed by atoms with Gasteiger partial charge in [-0.2, -0.15) is 11.8 Å². The topological polar surface area (TPSA) is 35.3 Å². The van der Waals surface area contributed by atoms with Crippen LogP contribution in [-0.2, 0) is 5.75 Å². The molecule has 0 saturated heterocycles. The van der Waals surface area contributed by atoms with Crippen molar-refractivity contribution in [2.75, 3.05) is 12.4 Å². The van der Waals surface area contributed by atoms with Crippen molar-refractivity contribution in [1.29, 1.82) is 0 Å². The number of benzene rings is 1. The van der Waals surface area contributed by atoms with E-state index in [9.17, 15) is 0 Å². The summed E-state index contributed by atoms with van der Waals surface area (Å²) in [7, 11) is 0. The summed E-state index contributed by atoms with van der Waals surface area (Å²) >= 11 is 1.79. The van der Waals surface area contributed by atoms with Gasteiger partial charge in [0, 0.05) is 17.6 Å². The van der Waals surface area contributed by atoms with Crippen molar-refractivity contribution in [1.82, 2.24) is 5.16 Å². The van der Waals surface area contributed by atoms with Gasteiger partial charge in [0.25, 0.3) is 0 Å². The predicted octanol–water partition coefficient (Wildman–Crippen LogP) is 3.30. The number of ether oxygens (including phenoxy) is 1. The molecule has 0 radical (unpaired) electrons. The fraction of sp³-hybridized carbons (Fsp3) is 0.308. The molecule has 0 aliphatic heterocycles. The minimum Gasteiger partial charge on any atom is -0.493 e. The van der Waals surface area contributed by atoms with Gasteiger partial charge >= 0.3 is 0 Å². The quantitative estimate of drug-likeness (QED) is 0.736. The Balaban J connectivity index is 1.61. The molecule has 0 bridgehead atoms. The highest BCUT2D eigenvalue weighted by atomic mass is 32.2. The van der Waals surface area contributed by atoms with Gasteiger partial charge in [-0.25, -0.2) is 0 Å². The number of thioether (sulfide) groups is 1. The molecule has 1 aromatic carbocycles. The van der Waals surface area contributed by atoms with Crippen molar-refractivity contribution in [2.45, 2.75) is 12.7 Å².